The number of benzene rings is 3. The summed E-state index contributed by atoms with van der Waals surface area (Å²) in [4.78, 5) is 79.9. The van der Waals surface area contributed by atoms with Crippen LogP contribution in [0.25, 0.3) is 22.0 Å². The minimum absolute atomic E-state index is 0.0307. The number of nitrogens with zero attached hydrogens (tertiary/aromatic N) is 5. The summed E-state index contributed by atoms with van der Waals surface area (Å²) in [6.07, 6.45) is 6.49. The fourth-order valence-electron chi connectivity index (χ4n) is 7.86. The standard InChI is InChI=1S/C48H47N9O11S/c1-3-69(64,65)53-32-15-17-40(37(27-32)38-29-55(2)48(63)44-35(38)19-20-49-44)68-34-12-5-10-31(26-34)50-41(58)14-6-11-33-28-56(54-52-33)21-23-67-25-24-66-22-7-9-30-8-4-13-36-43(30)47(62)57(46(36)61)39-16-18-42(59)51-45(39)60/h4-5,8,10,12-13,15,17,19-20,26-29,39,49,53H,3,6,11,14,16,18,21-25H2,1-2H3,(H,50,58)(H,51,59,60). The largest absolute Gasteiger partial charge is 0.457 e. The summed E-state index contributed by atoms with van der Waals surface area (Å²) >= 11 is 0. The van der Waals surface area contributed by atoms with Crippen molar-refractivity contribution in [2.24, 2.45) is 7.05 Å². The highest BCUT2D eigenvalue weighted by Gasteiger charge is 2.45. The van der Waals surface area contributed by atoms with Crippen molar-refractivity contribution in [2.75, 3.05) is 42.2 Å². The Kier molecular flexibility index (Phi) is 14.4. The van der Waals surface area contributed by atoms with E-state index in [2.05, 4.69) is 42.5 Å². The third-order valence-corrected chi connectivity index (χ3v) is 12.6. The smallest absolute Gasteiger partial charge is 0.274 e. The minimum atomic E-state index is -3.58. The van der Waals surface area contributed by atoms with E-state index in [1.807, 2.05) is 0 Å². The molecule has 8 rings (SSSR count). The predicted octanol–water partition coefficient (Wildman–Crippen LogP) is 4.13. The Bertz CT molecular complexity index is 3220. The molecule has 69 heavy (non-hydrogen) atoms. The van der Waals surface area contributed by atoms with E-state index in [-0.39, 0.29) is 67.4 Å². The molecule has 5 heterocycles. The number of piperidine rings is 1. The number of H-pyrrole nitrogens is 1. The van der Waals surface area contributed by atoms with Gasteiger partial charge in [-0.05, 0) is 74.7 Å². The Morgan fingerprint density at radius 2 is 1.74 bits per heavy atom. The number of anilines is 2. The van der Waals surface area contributed by atoms with Crippen LogP contribution in [-0.4, -0.2) is 106 Å². The summed E-state index contributed by atoms with van der Waals surface area (Å²) in [7, 11) is -1.95. The molecule has 3 aromatic carbocycles. The zero-order valence-corrected chi connectivity index (χ0v) is 38.4. The minimum Gasteiger partial charge on any atom is -0.457 e. The van der Waals surface area contributed by atoms with E-state index in [1.54, 1.807) is 97.9 Å². The molecule has 0 radical (unpaired) electrons. The number of aryl methyl sites for hydroxylation is 2. The van der Waals surface area contributed by atoms with Gasteiger partial charge in [-0.3, -0.25) is 43.7 Å². The van der Waals surface area contributed by atoms with Crippen molar-refractivity contribution >= 4 is 61.8 Å². The van der Waals surface area contributed by atoms with Crippen LogP contribution in [0.5, 0.6) is 11.5 Å². The van der Waals surface area contributed by atoms with Crippen LogP contribution in [0.1, 0.15) is 64.6 Å². The molecule has 356 valence electrons. The van der Waals surface area contributed by atoms with E-state index < -0.39 is 39.7 Å². The Morgan fingerprint density at radius 1 is 0.913 bits per heavy atom. The third-order valence-electron chi connectivity index (χ3n) is 11.3. The normalized spacial score (nSPS) is 14.6. The van der Waals surface area contributed by atoms with E-state index >= 15 is 0 Å². The quantitative estimate of drug-likeness (QED) is 0.0507. The number of pyridine rings is 1. The van der Waals surface area contributed by atoms with Crippen LogP contribution >= 0.6 is 0 Å². The fourth-order valence-corrected chi connectivity index (χ4v) is 8.49. The molecule has 3 aromatic heterocycles. The number of imide groups is 2. The molecular formula is C48H47N9O11S. The van der Waals surface area contributed by atoms with Crippen LogP contribution in [0.4, 0.5) is 11.4 Å². The predicted molar refractivity (Wildman–Crippen MR) is 252 cm³/mol. The Labute approximate surface area is 395 Å². The van der Waals surface area contributed by atoms with Crippen LogP contribution in [0, 0.1) is 11.8 Å². The van der Waals surface area contributed by atoms with Gasteiger partial charge in [0.2, 0.25) is 27.7 Å². The first-order chi connectivity index (χ1) is 33.3. The molecule has 6 aromatic rings. The van der Waals surface area contributed by atoms with E-state index in [0.29, 0.717) is 76.5 Å². The first kappa shape index (κ1) is 47.6. The molecule has 2 aliphatic heterocycles. The molecule has 20 nitrogen and oxygen atoms in total. The van der Waals surface area contributed by atoms with Crippen LogP contribution < -0.4 is 25.7 Å². The Balaban J connectivity index is 0.763. The summed E-state index contributed by atoms with van der Waals surface area (Å²) in [5.74, 6) is 3.88. The molecule has 4 N–H and O–H groups in total. The lowest BCUT2D eigenvalue weighted by atomic mass is 10.0. The van der Waals surface area contributed by atoms with Gasteiger partial charge < -0.3 is 29.1 Å². The average molecular weight is 958 g/mol. The van der Waals surface area contributed by atoms with Gasteiger partial charge >= 0.3 is 0 Å². The zero-order chi connectivity index (χ0) is 48.7. The van der Waals surface area contributed by atoms with Crippen molar-refractivity contribution in [3.63, 3.8) is 0 Å². The first-order valence-corrected chi connectivity index (χ1v) is 23.7. The summed E-state index contributed by atoms with van der Waals surface area (Å²) in [6.45, 7) is 2.91. The highest BCUT2D eigenvalue weighted by molar-refractivity contribution is 7.92. The van der Waals surface area contributed by atoms with Crippen molar-refractivity contribution in [2.45, 2.75) is 51.6 Å². The summed E-state index contributed by atoms with van der Waals surface area (Å²) in [5.41, 5.74) is 3.52. The maximum absolute atomic E-state index is 13.2. The van der Waals surface area contributed by atoms with Gasteiger partial charge in [-0.2, -0.15) is 0 Å². The number of rotatable bonds is 19. The van der Waals surface area contributed by atoms with Gasteiger partial charge in [0.25, 0.3) is 17.4 Å². The molecule has 2 aliphatic rings. The number of aromatic amines is 1. The number of carbonyl (C=O) groups is 5. The lowest BCUT2D eigenvalue weighted by Gasteiger charge is -2.27. The number of nitrogens with one attached hydrogen (secondary N) is 4. The van der Waals surface area contributed by atoms with Gasteiger partial charge in [-0.1, -0.05) is 29.2 Å². The highest BCUT2D eigenvalue weighted by Crippen LogP contribution is 2.39. The number of amides is 5. The maximum Gasteiger partial charge on any atom is 0.274 e. The molecule has 0 saturated carbocycles. The molecule has 1 saturated heterocycles. The molecule has 21 heteroatoms. The summed E-state index contributed by atoms with van der Waals surface area (Å²) < 4.78 is 48.1. The molecule has 1 atom stereocenters. The zero-order valence-electron chi connectivity index (χ0n) is 37.6. The lowest BCUT2D eigenvalue weighted by molar-refractivity contribution is -0.136. The molecule has 0 bridgehead atoms. The first-order valence-electron chi connectivity index (χ1n) is 22.1. The van der Waals surface area contributed by atoms with E-state index in [4.69, 9.17) is 14.2 Å². The fraction of sp³-hybridized carbons (Fsp3) is 0.292. The summed E-state index contributed by atoms with van der Waals surface area (Å²) in [5, 5.41) is 14.1. The number of fused-ring (bicyclic) bond motifs is 2. The van der Waals surface area contributed by atoms with Crippen LogP contribution in [0.2, 0.25) is 0 Å². The second-order valence-corrected chi connectivity index (χ2v) is 18.1. The molecule has 0 spiro atoms. The number of ether oxygens (including phenoxy) is 3. The van der Waals surface area contributed by atoms with Crippen molar-refractivity contribution in [3.05, 3.63) is 118 Å². The van der Waals surface area contributed by atoms with Crippen molar-refractivity contribution < 1.29 is 46.6 Å². The molecule has 1 unspecified atom stereocenters. The van der Waals surface area contributed by atoms with Gasteiger partial charge in [0, 0.05) is 78.0 Å². The van der Waals surface area contributed by atoms with Crippen molar-refractivity contribution in [1.29, 1.82) is 0 Å². The number of hydrogen-bond acceptors (Lipinski definition) is 13. The second-order valence-electron chi connectivity index (χ2n) is 16.1. The van der Waals surface area contributed by atoms with E-state index in [0.717, 1.165) is 10.6 Å². The number of sulfonamides is 1. The summed E-state index contributed by atoms with van der Waals surface area (Å²) in [6, 6.07) is 17.3. The lowest BCUT2D eigenvalue weighted by Crippen LogP contribution is -2.54. The van der Waals surface area contributed by atoms with E-state index in [1.165, 1.54) is 10.6 Å². The van der Waals surface area contributed by atoms with Crippen LogP contribution in [0.3, 0.4) is 0 Å². The van der Waals surface area contributed by atoms with Gasteiger partial charge in [-0.25, -0.2) is 13.1 Å². The molecule has 0 aliphatic carbocycles. The highest BCUT2D eigenvalue weighted by atomic mass is 32.2. The maximum atomic E-state index is 13.2. The van der Waals surface area contributed by atoms with E-state index in [9.17, 15) is 37.2 Å². The van der Waals surface area contributed by atoms with Crippen molar-refractivity contribution in [1.82, 2.24) is 34.8 Å². The van der Waals surface area contributed by atoms with Gasteiger partial charge in [-0.15, -0.1) is 5.10 Å². The SMILES string of the molecule is CCS(=O)(=O)Nc1ccc(Oc2cccc(NC(=O)CCCc3cn(CCOCCOCC#Cc4cccc5c4C(=O)N(C4CCC(=O)NC4=O)C5=O)nn3)c2)c(-c2cn(C)c(=O)c3[nH]ccc23)c1. The topological polar surface area (TPSA) is 255 Å². The Morgan fingerprint density at radius 3 is 2.57 bits per heavy atom. The number of carbonyl (C=O) groups excluding carboxylic acids is 5. The van der Waals surface area contributed by atoms with Gasteiger partial charge in [0.15, 0.2) is 0 Å². The molecular weight excluding hydrogens is 911 g/mol. The monoisotopic (exact) mass is 957 g/mol. The van der Waals surface area contributed by atoms with Gasteiger partial charge in [0.1, 0.15) is 29.7 Å². The number of aromatic nitrogens is 5. The van der Waals surface area contributed by atoms with Crippen LogP contribution in [0.15, 0.2) is 90.1 Å². The van der Waals surface area contributed by atoms with Crippen LogP contribution in [-0.2, 0) is 53.9 Å². The van der Waals surface area contributed by atoms with Gasteiger partial charge in [0.05, 0.1) is 48.9 Å². The molecule has 1 fully saturated rings. The Hall–Kier alpha value is -7.93. The molecule has 5 amide bonds. The van der Waals surface area contributed by atoms with Crippen molar-refractivity contribution in [3.8, 4) is 34.5 Å². The average Bonchev–Trinajstić information content (AvgIpc) is 4.07. The number of hydrogen-bond donors (Lipinski definition) is 4. The second kappa shape index (κ2) is 20.9. The third kappa shape index (κ3) is 11.1.